The lowest BCUT2D eigenvalue weighted by Gasteiger charge is -2.15. The Kier molecular flexibility index (Phi) is 4.07. The molecule has 0 amide bonds. The van der Waals surface area contributed by atoms with Crippen LogP contribution in [0.25, 0.3) is 11.2 Å². The minimum Gasteiger partial charge on any atom is -0.386 e. The molecule has 0 saturated carbocycles. The zero-order chi connectivity index (χ0) is 17.6. The van der Waals surface area contributed by atoms with Gasteiger partial charge in [0.1, 0.15) is 6.10 Å². The average Bonchev–Trinajstić information content (AvgIpc) is 3.00. The van der Waals surface area contributed by atoms with E-state index in [4.69, 9.17) is 10.5 Å². The normalized spacial score (nSPS) is 24.7. The van der Waals surface area contributed by atoms with Gasteiger partial charge in [0.25, 0.3) is 11.2 Å². The lowest BCUT2D eigenvalue weighted by atomic mass is 10.1. The van der Waals surface area contributed by atoms with Crippen LogP contribution in [0.4, 0.5) is 5.95 Å². The van der Waals surface area contributed by atoms with Gasteiger partial charge in [-0.3, -0.25) is 9.78 Å². The summed E-state index contributed by atoms with van der Waals surface area (Å²) in [4.78, 5) is 18.5. The minimum atomic E-state index is -3.49. The predicted molar refractivity (Wildman–Crippen MR) is 83.3 cm³/mol. The first kappa shape index (κ1) is 16.8. The Bertz CT molecular complexity index is 935. The summed E-state index contributed by atoms with van der Waals surface area (Å²) in [7, 11) is -0.525. The van der Waals surface area contributed by atoms with Crippen LogP contribution < -0.4 is 20.6 Å². The molecule has 1 aliphatic heterocycles. The van der Waals surface area contributed by atoms with E-state index in [1.165, 1.54) is 16.2 Å². The first-order valence-electron chi connectivity index (χ1n) is 7.20. The second-order valence-corrected chi connectivity index (χ2v) is 7.69. The summed E-state index contributed by atoms with van der Waals surface area (Å²) in [6.45, 7) is 0.0643. The topological polar surface area (TPSA) is 156 Å². The molecule has 0 aliphatic carbocycles. The molecule has 1 unspecified atom stereocenters. The summed E-state index contributed by atoms with van der Waals surface area (Å²) < 4.78 is 34.2. The summed E-state index contributed by atoms with van der Waals surface area (Å²) in [6.07, 6.45) is -0.389. The van der Waals surface area contributed by atoms with E-state index in [-0.39, 0.29) is 29.5 Å². The van der Waals surface area contributed by atoms with Crippen molar-refractivity contribution >= 4 is 27.1 Å². The number of ether oxygens (including phenoxy) is 1. The number of imidazole rings is 1. The van der Waals surface area contributed by atoms with E-state index < -0.39 is 33.8 Å². The molecule has 1 aliphatic rings. The minimum absolute atomic E-state index is 0.0609. The number of H-pyrrole nitrogens is 1. The number of sulfonamides is 1. The second kappa shape index (κ2) is 5.81. The number of aliphatic hydroxyl groups is 1. The van der Waals surface area contributed by atoms with Crippen molar-refractivity contribution in [1.82, 2.24) is 19.3 Å². The molecule has 0 bridgehead atoms. The average molecular weight is 359 g/mol. The van der Waals surface area contributed by atoms with Gasteiger partial charge in [0, 0.05) is 5.92 Å². The van der Waals surface area contributed by atoms with Gasteiger partial charge in [-0.15, -0.1) is 0 Å². The van der Waals surface area contributed by atoms with Gasteiger partial charge in [0.15, 0.2) is 0 Å². The smallest absolute Gasteiger partial charge is 0.304 e. The van der Waals surface area contributed by atoms with Gasteiger partial charge < -0.3 is 15.6 Å². The summed E-state index contributed by atoms with van der Waals surface area (Å²) >= 11 is 0. The molecule has 12 heteroatoms. The molecule has 11 nitrogen and oxygen atoms in total. The monoisotopic (exact) mass is 359 g/mol. The maximum absolute atomic E-state index is 12.0. The van der Waals surface area contributed by atoms with Gasteiger partial charge >= 0.3 is 5.56 Å². The molecular weight excluding hydrogens is 340 g/mol. The standard InChI is InChI=1S/C12H18N6O5S/c1-14-24(21,22)4-6-3-23-11(8(6)19)18-5-17(2)7-9(18)15-12(13)16-10(7)20/h5-6,8,11,14,19H,3-4H2,1-2H3,(H2-,13,15,16,20)/p+1/t6-,8+,11?/m0/s1. The molecule has 24 heavy (non-hydrogen) atoms. The van der Waals surface area contributed by atoms with Crippen molar-refractivity contribution in [2.45, 2.75) is 12.3 Å². The van der Waals surface area contributed by atoms with Crippen LogP contribution in [0.1, 0.15) is 6.23 Å². The van der Waals surface area contributed by atoms with Gasteiger partial charge in [-0.1, -0.05) is 0 Å². The van der Waals surface area contributed by atoms with Crippen LogP contribution in [0.3, 0.4) is 0 Å². The number of nitrogens with one attached hydrogen (secondary N) is 2. The number of anilines is 1. The number of nitrogen functional groups attached to an aromatic ring is 1. The summed E-state index contributed by atoms with van der Waals surface area (Å²) in [5, 5.41) is 10.5. The molecule has 2 aromatic rings. The Morgan fingerprint density at radius 1 is 1.62 bits per heavy atom. The summed E-state index contributed by atoms with van der Waals surface area (Å²) in [5.41, 5.74) is 5.69. The highest BCUT2D eigenvalue weighted by atomic mass is 32.2. The Balaban J connectivity index is 1.99. The molecule has 3 heterocycles. The zero-order valence-corrected chi connectivity index (χ0v) is 13.9. The van der Waals surface area contributed by atoms with E-state index in [9.17, 15) is 18.3 Å². The van der Waals surface area contributed by atoms with Gasteiger partial charge in [0.05, 0.1) is 19.4 Å². The number of hydrogen-bond donors (Lipinski definition) is 4. The van der Waals surface area contributed by atoms with Crippen LogP contribution in [0.5, 0.6) is 0 Å². The predicted octanol–water partition coefficient (Wildman–Crippen LogP) is -2.81. The number of nitrogens with zero attached hydrogens (tertiary/aromatic N) is 3. The molecule has 0 aromatic carbocycles. The molecule has 5 N–H and O–H groups in total. The lowest BCUT2D eigenvalue weighted by Crippen LogP contribution is -2.34. The fourth-order valence-corrected chi connectivity index (χ4v) is 3.89. The Morgan fingerprint density at radius 2 is 2.33 bits per heavy atom. The van der Waals surface area contributed by atoms with Crippen molar-refractivity contribution < 1.29 is 22.8 Å². The molecule has 1 fully saturated rings. The quantitative estimate of drug-likeness (QED) is 0.429. The number of aromatic nitrogens is 4. The van der Waals surface area contributed by atoms with Crippen LogP contribution in [-0.4, -0.2) is 53.6 Å². The van der Waals surface area contributed by atoms with Gasteiger partial charge in [-0.05, 0) is 7.05 Å². The number of aliphatic hydroxyl groups excluding tert-OH is 1. The molecule has 132 valence electrons. The van der Waals surface area contributed by atoms with Gasteiger partial charge in [0.2, 0.25) is 28.5 Å². The first-order chi connectivity index (χ1) is 11.2. The third-order valence-corrected chi connectivity index (χ3v) is 5.55. The maximum Gasteiger partial charge on any atom is 0.304 e. The number of aryl methyl sites for hydroxylation is 1. The van der Waals surface area contributed by atoms with E-state index in [0.717, 1.165) is 0 Å². The van der Waals surface area contributed by atoms with Crippen LogP contribution in [0.2, 0.25) is 0 Å². The molecular formula is C12H19N6O5S+. The van der Waals surface area contributed by atoms with Crippen molar-refractivity contribution in [3.05, 3.63) is 16.7 Å². The third kappa shape index (κ3) is 2.77. The van der Waals surface area contributed by atoms with Crippen molar-refractivity contribution in [2.24, 2.45) is 13.0 Å². The maximum atomic E-state index is 12.0. The lowest BCUT2D eigenvalue weighted by molar-refractivity contribution is -0.646. The number of rotatable bonds is 4. The first-order valence-corrected chi connectivity index (χ1v) is 8.85. The van der Waals surface area contributed by atoms with Gasteiger partial charge in [-0.25, -0.2) is 17.7 Å². The van der Waals surface area contributed by atoms with Crippen LogP contribution >= 0.6 is 0 Å². The number of nitrogens with two attached hydrogens (primary N) is 1. The summed E-state index contributed by atoms with van der Waals surface area (Å²) in [5.74, 6) is -0.924. The third-order valence-electron chi connectivity index (χ3n) is 4.06. The Morgan fingerprint density at radius 3 is 3.00 bits per heavy atom. The fraction of sp³-hybridized carbons (Fsp3) is 0.583. The molecule has 3 atom stereocenters. The molecule has 0 spiro atoms. The van der Waals surface area contributed by atoms with Crippen molar-refractivity contribution in [3.63, 3.8) is 0 Å². The van der Waals surface area contributed by atoms with Crippen molar-refractivity contribution in [3.8, 4) is 0 Å². The van der Waals surface area contributed by atoms with Crippen molar-refractivity contribution in [1.29, 1.82) is 0 Å². The molecule has 3 rings (SSSR count). The Hall–Kier alpha value is -2.02. The van der Waals surface area contributed by atoms with E-state index in [0.29, 0.717) is 0 Å². The van der Waals surface area contributed by atoms with E-state index in [1.54, 1.807) is 13.4 Å². The zero-order valence-electron chi connectivity index (χ0n) is 13.1. The number of hydrogen-bond acceptors (Lipinski definition) is 7. The SMILES string of the molecule is CNS(=O)(=O)C[C@@H]1COC(n2c[n+](C)c3c(=O)[nH]c(N)nc32)[C@@H]1O. The van der Waals surface area contributed by atoms with E-state index in [2.05, 4.69) is 14.7 Å². The number of aromatic amines is 1. The fourth-order valence-electron chi connectivity index (χ4n) is 2.86. The highest BCUT2D eigenvalue weighted by molar-refractivity contribution is 7.89. The molecule has 1 saturated heterocycles. The van der Waals surface area contributed by atoms with Crippen molar-refractivity contribution in [2.75, 3.05) is 25.1 Å². The Labute approximate surface area is 137 Å². The van der Waals surface area contributed by atoms with Crippen LogP contribution in [0.15, 0.2) is 11.1 Å². The highest BCUT2D eigenvalue weighted by Gasteiger charge is 2.43. The number of fused-ring (bicyclic) bond motifs is 1. The molecule has 2 aromatic heterocycles. The van der Waals surface area contributed by atoms with Crippen LogP contribution in [0, 0.1) is 5.92 Å². The molecule has 0 radical (unpaired) electrons. The largest absolute Gasteiger partial charge is 0.386 e. The van der Waals surface area contributed by atoms with E-state index >= 15 is 0 Å². The summed E-state index contributed by atoms with van der Waals surface area (Å²) in [6, 6.07) is 0. The highest BCUT2D eigenvalue weighted by Crippen LogP contribution is 2.30. The van der Waals surface area contributed by atoms with E-state index in [1.807, 2.05) is 0 Å². The van der Waals surface area contributed by atoms with Crippen LogP contribution in [-0.2, 0) is 21.8 Å². The van der Waals surface area contributed by atoms with Gasteiger partial charge in [-0.2, -0.15) is 9.55 Å². The second-order valence-electron chi connectivity index (χ2n) is 5.72.